The second-order valence-electron chi connectivity index (χ2n) is 3.00. The van der Waals surface area contributed by atoms with Crippen LogP contribution in [0, 0.1) is 4.91 Å². The summed E-state index contributed by atoms with van der Waals surface area (Å²) in [6, 6.07) is 8.62. The first-order chi connectivity index (χ1) is 7.69. The van der Waals surface area contributed by atoms with E-state index >= 15 is 0 Å². The summed E-state index contributed by atoms with van der Waals surface area (Å²) in [5, 5.41) is 13.6. The molecule has 3 N–H and O–H groups in total. The molecule has 1 rings (SSSR count). The fraction of sp³-hybridized carbons (Fsp3) is 0.100. The van der Waals surface area contributed by atoms with Gasteiger partial charge in [0, 0.05) is 5.69 Å². The van der Waals surface area contributed by atoms with Gasteiger partial charge in [-0.3, -0.25) is 15.5 Å². The average molecular weight is 221 g/mol. The first kappa shape index (κ1) is 11.9. The molecule has 0 saturated carbocycles. The van der Waals surface area contributed by atoms with Crippen molar-refractivity contribution in [1.29, 1.82) is 0 Å². The molecule has 0 fully saturated rings. The molecular weight excluding hydrogens is 210 g/mol. The lowest BCUT2D eigenvalue weighted by Crippen LogP contribution is -2.18. The Morgan fingerprint density at radius 1 is 1.31 bits per heavy atom. The topological polar surface area (TPSA) is 90.8 Å². The fourth-order valence-electron chi connectivity index (χ4n) is 1.04. The summed E-state index contributed by atoms with van der Waals surface area (Å²) < 4.78 is 0. The van der Waals surface area contributed by atoms with Crippen molar-refractivity contribution in [2.45, 2.75) is 6.92 Å². The molecule has 16 heavy (non-hydrogen) atoms. The molecule has 6 nitrogen and oxygen atoms in total. The van der Waals surface area contributed by atoms with E-state index in [1.165, 1.54) is 6.92 Å². The molecule has 1 amide bonds. The van der Waals surface area contributed by atoms with Crippen LogP contribution in [0.25, 0.3) is 0 Å². The van der Waals surface area contributed by atoms with Crippen LogP contribution in [0.3, 0.4) is 0 Å². The number of nitrogens with zero attached hydrogens (tertiary/aromatic N) is 1. The molecule has 1 aromatic rings. The zero-order valence-corrected chi connectivity index (χ0v) is 8.60. The van der Waals surface area contributed by atoms with Gasteiger partial charge in [0.15, 0.2) is 5.70 Å². The Hall–Kier alpha value is -2.21. The number of hydrogen-bond acceptors (Lipinski definition) is 5. The normalized spacial score (nSPS) is 11.4. The number of rotatable bonds is 4. The van der Waals surface area contributed by atoms with E-state index in [0.29, 0.717) is 5.69 Å². The van der Waals surface area contributed by atoms with E-state index in [1.54, 1.807) is 35.8 Å². The molecule has 0 bridgehead atoms. The lowest BCUT2D eigenvalue weighted by molar-refractivity contribution is -0.113. The largest absolute Gasteiger partial charge is 0.320 e. The minimum absolute atomic E-state index is 0.0107. The number of amides is 1. The van der Waals surface area contributed by atoms with Crippen LogP contribution < -0.4 is 10.8 Å². The Labute approximate surface area is 91.9 Å². The van der Waals surface area contributed by atoms with Gasteiger partial charge in [-0.25, -0.2) is 0 Å². The number of nitrogens with one attached hydrogen (secondary N) is 2. The van der Waals surface area contributed by atoms with Crippen molar-refractivity contribution in [2.75, 3.05) is 5.32 Å². The first-order valence-electron chi connectivity index (χ1n) is 4.49. The Bertz CT molecular complexity index is 415. The smallest absolute Gasteiger partial charge is 0.279 e. The van der Waals surface area contributed by atoms with Crippen molar-refractivity contribution in [3.05, 3.63) is 46.6 Å². The van der Waals surface area contributed by atoms with E-state index in [9.17, 15) is 9.70 Å². The van der Waals surface area contributed by atoms with Crippen LogP contribution in [0.1, 0.15) is 6.92 Å². The Morgan fingerprint density at radius 2 is 1.94 bits per heavy atom. The van der Waals surface area contributed by atoms with E-state index in [2.05, 4.69) is 10.5 Å². The Balaban J connectivity index is 2.83. The third-order valence-corrected chi connectivity index (χ3v) is 1.86. The number of allylic oxidation sites excluding steroid dienone is 1. The molecule has 0 aliphatic rings. The summed E-state index contributed by atoms with van der Waals surface area (Å²) in [5.41, 5.74) is 1.84. The highest BCUT2D eigenvalue weighted by Gasteiger charge is 2.13. The summed E-state index contributed by atoms with van der Waals surface area (Å²) in [4.78, 5) is 21.9. The predicted molar refractivity (Wildman–Crippen MR) is 58.5 cm³/mol. The van der Waals surface area contributed by atoms with Gasteiger partial charge in [0.1, 0.15) is 0 Å². The molecular formula is C10H11N3O3. The fourth-order valence-corrected chi connectivity index (χ4v) is 1.04. The minimum atomic E-state index is -0.680. The summed E-state index contributed by atoms with van der Waals surface area (Å²) in [6.45, 7) is 1.36. The number of carbonyl (C=O) groups excluding carboxylic acids is 1. The van der Waals surface area contributed by atoms with Crippen LogP contribution in [0.5, 0.6) is 0 Å². The number of anilines is 1. The lowest BCUT2D eigenvalue weighted by Gasteiger charge is -2.05. The highest BCUT2D eigenvalue weighted by Crippen LogP contribution is 2.09. The van der Waals surface area contributed by atoms with Gasteiger partial charge >= 0.3 is 0 Å². The monoisotopic (exact) mass is 221 g/mol. The molecule has 1 aromatic carbocycles. The van der Waals surface area contributed by atoms with Crippen molar-refractivity contribution in [3.63, 3.8) is 0 Å². The number of hydroxylamine groups is 1. The quantitative estimate of drug-likeness (QED) is 0.409. The van der Waals surface area contributed by atoms with E-state index < -0.39 is 11.6 Å². The third-order valence-electron chi connectivity index (χ3n) is 1.86. The Morgan fingerprint density at radius 3 is 2.44 bits per heavy atom. The maximum absolute atomic E-state index is 11.5. The van der Waals surface area contributed by atoms with E-state index in [4.69, 9.17) is 5.21 Å². The molecule has 84 valence electrons. The molecule has 0 spiro atoms. The SMILES string of the molecule is CC(NO)=C(N=O)C(=O)Nc1ccccc1. The van der Waals surface area contributed by atoms with Crippen LogP contribution in [0.2, 0.25) is 0 Å². The number of para-hydroxylation sites is 1. The molecule has 0 saturated heterocycles. The average Bonchev–Trinajstić information content (AvgIpc) is 2.31. The van der Waals surface area contributed by atoms with Crippen molar-refractivity contribution < 1.29 is 10.0 Å². The molecule has 0 unspecified atom stereocenters. The van der Waals surface area contributed by atoms with Gasteiger partial charge in [0.05, 0.1) is 5.70 Å². The predicted octanol–water partition coefficient (Wildman–Crippen LogP) is 1.60. The van der Waals surface area contributed by atoms with Gasteiger partial charge in [0.2, 0.25) is 0 Å². The Kier molecular flexibility index (Phi) is 4.16. The van der Waals surface area contributed by atoms with Gasteiger partial charge in [-0.1, -0.05) is 18.2 Å². The number of benzene rings is 1. The van der Waals surface area contributed by atoms with E-state index in [-0.39, 0.29) is 5.70 Å². The first-order valence-corrected chi connectivity index (χ1v) is 4.49. The van der Waals surface area contributed by atoms with E-state index in [0.717, 1.165) is 0 Å². The van der Waals surface area contributed by atoms with Crippen LogP contribution in [0.15, 0.2) is 46.9 Å². The maximum Gasteiger partial charge on any atom is 0.279 e. The molecule has 0 aliphatic carbocycles. The molecule has 0 heterocycles. The second-order valence-corrected chi connectivity index (χ2v) is 3.00. The minimum Gasteiger partial charge on any atom is -0.320 e. The second kappa shape index (κ2) is 5.62. The summed E-state index contributed by atoms with van der Waals surface area (Å²) in [5.74, 6) is -0.680. The maximum atomic E-state index is 11.5. The molecule has 0 atom stereocenters. The van der Waals surface area contributed by atoms with E-state index in [1.807, 2.05) is 0 Å². The number of hydrogen-bond donors (Lipinski definition) is 3. The summed E-state index contributed by atoms with van der Waals surface area (Å²) in [7, 11) is 0. The standard InChI is InChI=1S/C10H11N3O3/c1-7(12-15)9(13-16)10(14)11-8-5-3-2-4-6-8/h2-6,12,15H,1H3,(H,11,14). The number of nitroso groups, excluding NO2 is 1. The molecule has 0 aromatic heterocycles. The molecule has 0 aliphatic heterocycles. The van der Waals surface area contributed by atoms with Gasteiger partial charge in [0.25, 0.3) is 5.91 Å². The van der Waals surface area contributed by atoms with Crippen molar-refractivity contribution in [2.24, 2.45) is 5.18 Å². The zero-order chi connectivity index (χ0) is 12.0. The number of carbonyl (C=O) groups is 1. The summed E-state index contributed by atoms with van der Waals surface area (Å²) >= 11 is 0. The van der Waals surface area contributed by atoms with Crippen LogP contribution in [-0.4, -0.2) is 11.1 Å². The molecule has 6 heteroatoms. The van der Waals surface area contributed by atoms with Gasteiger partial charge < -0.3 is 5.32 Å². The lowest BCUT2D eigenvalue weighted by atomic mass is 10.3. The highest BCUT2D eigenvalue weighted by molar-refractivity contribution is 6.03. The third kappa shape index (κ3) is 2.89. The van der Waals surface area contributed by atoms with Gasteiger partial charge in [-0.15, -0.1) is 4.91 Å². The molecule has 0 radical (unpaired) electrons. The van der Waals surface area contributed by atoms with Crippen LogP contribution in [-0.2, 0) is 4.79 Å². The van der Waals surface area contributed by atoms with Gasteiger partial charge in [-0.2, -0.15) is 0 Å². The van der Waals surface area contributed by atoms with Crippen molar-refractivity contribution >= 4 is 11.6 Å². The van der Waals surface area contributed by atoms with Crippen LogP contribution in [0.4, 0.5) is 5.69 Å². The van der Waals surface area contributed by atoms with Crippen molar-refractivity contribution in [1.82, 2.24) is 5.48 Å². The highest BCUT2D eigenvalue weighted by atomic mass is 16.5. The van der Waals surface area contributed by atoms with Crippen molar-refractivity contribution in [3.8, 4) is 0 Å². The van der Waals surface area contributed by atoms with Crippen LogP contribution >= 0.6 is 0 Å². The summed E-state index contributed by atoms with van der Waals surface area (Å²) in [6.07, 6.45) is 0. The van der Waals surface area contributed by atoms with Gasteiger partial charge in [-0.05, 0) is 24.2 Å². The zero-order valence-electron chi connectivity index (χ0n) is 8.60.